The second-order valence-electron chi connectivity index (χ2n) is 5.34. The predicted molar refractivity (Wildman–Crippen MR) is 83.3 cm³/mol. The monoisotopic (exact) mass is 343 g/mol. The smallest absolute Gasteiger partial charge is 0.129 e. The summed E-state index contributed by atoms with van der Waals surface area (Å²) in [6, 6.07) is 5.41. The van der Waals surface area contributed by atoms with Gasteiger partial charge in [0.25, 0.3) is 0 Å². The predicted octanol–water partition coefficient (Wildman–Crippen LogP) is 4.59. The number of nitrogens with one attached hydrogen (secondary N) is 1. The van der Waals surface area contributed by atoms with Crippen molar-refractivity contribution in [3.63, 3.8) is 0 Å². The first-order chi connectivity index (χ1) is 9.70. The lowest BCUT2D eigenvalue weighted by atomic mass is 9.98. The molecule has 0 amide bonds. The summed E-state index contributed by atoms with van der Waals surface area (Å²) in [5.74, 6) is -0.137. The topological polar surface area (TPSA) is 21.3 Å². The SMILES string of the molecule is CCNC(CCCC1CCCO1)c1ccc(Br)cc1F. The van der Waals surface area contributed by atoms with E-state index < -0.39 is 0 Å². The molecule has 1 N–H and O–H groups in total. The molecule has 2 atom stereocenters. The first kappa shape index (κ1) is 15.9. The van der Waals surface area contributed by atoms with Gasteiger partial charge in [0.15, 0.2) is 0 Å². The van der Waals surface area contributed by atoms with Crippen LogP contribution in [0.25, 0.3) is 0 Å². The van der Waals surface area contributed by atoms with E-state index in [1.807, 2.05) is 12.1 Å². The van der Waals surface area contributed by atoms with Crippen LogP contribution in [0.2, 0.25) is 0 Å². The van der Waals surface area contributed by atoms with E-state index in [0.29, 0.717) is 6.10 Å². The molecule has 0 radical (unpaired) electrons. The van der Waals surface area contributed by atoms with E-state index in [9.17, 15) is 4.39 Å². The molecule has 2 unspecified atom stereocenters. The molecular weight excluding hydrogens is 321 g/mol. The summed E-state index contributed by atoms with van der Waals surface area (Å²) in [7, 11) is 0. The molecule has 0 aromatic heterocycles. The number of hydrogen-bond donors (Lipinski definition) is 1. The van der Waals surface area contributed by atoms with Gasteiger partial charge >= 0.3 is 0 Å². The molecule has 4 heteroatoms. The Hall–Kier alpha value is -0.450. The van der Waals surface area contributed by atoms with Gasteiger partial charge in [0.2, 0.25) is 0 Å². The maximum absolute atomic E-state index is 14.1. The van der Waals surface area contributed by atoms with Crippen LogP contribution in [0.4, 0.5) is 4.39 Å². The van der Waals surface area contributed by atoms with Gasteiger partial charge in [-0.2, -0.15) is 0 Å². The Labute approximate surface area is 129 Å². The van der Waals surface area contributed by atoms with Crippen LogP contribution >= 0.6 is 15.9 Å². The van der Waals surface area contributed by atoms with Crippen LogP contribution < -0.4 is 5.32 Å². The van der Waals surface area contributed by atoms with Crippen molar-refractivity contribution in [2.45, 2.75) is 51.2 Å². The fourth-order valence-electron chi connectivity index (χ4n) is 2.82. The third-order valence-corrected chi connectivity index (χ3v) is 4.32. The number of hydrogen-bond acceptors (Lipinski definition) is 2. The van der Waals surface area contributed by atoms with Gasteiger partial charge in [0.1, 0.15) is 5.82 Å². The van der Waals surface area contributed by atoms with Crippen molar-refractivity contribution in [3.05, 3.63) is 34.1 Å². The van der Waals surface area contributed by atoms with Crippen molar-refractivity contribution in [1.29, 1.82) is 0 Å². The van der Waals surface area contributed by atoms with Gasteiger partial charge in [-0.3, -0.25) is 0 Å². The number of halogens is 2. The van der Waals surface area contributed by atoms with Gasteiger partial charge in [0.05, 0.1) is 6.10 Å². The molecule has 20 heavy (non-hydrogen) atoms. The van der Waals surface area contributed by atoms with Crippen molar-refractivity contribution in [2.24, 2.45) is 0 Å². The lowest BCUT2D eigenvalue weighted by Crippen LogP contribution is -2.22. The van der Waals surface area contributed by atoms with Crippen LogP contribution in [0.3, 0.4) is 0 Å². The highest BCUT2D eigenvalue weighted by molar-refractivity contribution is 9.10. The van der Waals surface area contributed by atoms with Crippen molar-refractivity contribution < 1.29 is 9.13 Å². The molecule has 1 aromatic rings. The highest BCUT2D eigenvalue weighted by atomic mass is 79.9. The number of rotatable bonds is 7. The third kappa shape index (κ3) is 4.54. The van der Waals surface area contributed by atoms with E-state index >= 15 is 0 Å². The first-order valence-corrected chi connectivity index (χ1v) is 8.30. The molecule has 1 heterocycles. The standard InChI is InChI=1S/C16H23BrFNO/c1-2-19-16(7-3-5-13-6-4-10-20-13)14-9-8-12(17)11-15(14)18/h8-9,11,13,16,19H,2-7,10H2,1H3. The highest BCUT2D eigenvalue weighted by Crippen LogP contribution is 2.26. The summed E-state index contributed by atoms with van der Waals surface area (Å²) in [5.41, 5.74) is 0.766. The second kappa shape index (κ2) is 8.11. The van der Waals surface area contributed by atoms with Crippen LogP contribution in [0.1, 0.15) is 50.6 Å². The lowest BCUT2D eigenvalue weighted by molar-refractivity contribution is 0.101. The molecule has 2 nitrogen and oxygen atoms in total. The Morgan fingerprint density at radius 3 is 3.00 bits per heavy atom. The van der Waals surface area contributed by atoms with Gasteiger partial charge in [-0.25, -0.2) is 4.39 Å². The third-order valence-electron chi connectivity index (χ3n) is 3.83. The molecule has 1 aliphatic heterocycles. The molecule has 0 spiro atoms. The summed E-state index contributed by atoms with van der Waals surface area (Å²) >= 11 is 3.30. The molecule has 0 aliphatic carbocycles. The van der Waals surface area contributed by atoms with E-state index in [2.05, 4.69) is 28.2 Å². The minimum atomic E-state index is -0.137. The van der Waals surface area contributed by atoms with Gasteiger partial charge in [-0.1, -0.05) is 28.9 Å². The average Bonchev–Trinajstić information content (AvgIpc) is 2.91. The molecule has 1 fully saturated rings. The first-order valence-electron chi connectivity index (χ1n) is 7.50. The molecule has 112 valence electrons. The molecule has 0 saturated carbocycles. The van der Waals surface area contributed by atoms with Crippen molar-refractivity contribution in [2.75, 3.05) is 13.2 Å². The Balaban J connectivity index is 1.91. The normalized spacial score (nSPS) is 20.2. The number of benzene rings is 1. The second-order valence-corrected chi connectivity index (χ2v) is 6.26. The summed E-state index contributed by atoms with van der Waals surface area (Å²) in [5, 5.41) is 3.39. The molecule has 1 aliphatic rings. The van der Waals surface area contributed by atoms with Crippen molar-refractivity contribution in [1.82, 2.24) is 5.32 Å². The van der Waals surface area contributed by atoms with Gasteiger partial charge in [0, 0.05) is 22.7 Å². The maximum Gasteiger partial charge on any atom is 0.129 e. The Bertz CT molecular complexity index is 421. The molecule has 0 bridgehead atoms. The lowest BCUT2D eigenvalue weighted by Gasteiger charge is -2.20. The van der Waals surface area contributed by atoms with E-state index in [4.69, 9.17) is 4.74 Å². The molecular formula is C16H23BrFNO. The van der Waals surface area contributed by atoms with Crippen LogP contribution in [-0.2, 0) is 4.74 Å². The highest BCUT2D eigenvalue weighted by Gasteiger charge is 2.18. The van der Waals surface area contributed by atoms with E-state index in [1.165, 1.54) is 12.8 Å². The average molecular weight is 344 g/mol. The molecule has 1 aromatic carbocycles. The van der Waals surface area contributed by atoms with Crippen LogP contribution in [0, 0.1) is 5.82 Å². The quantitative estimate of drug-likeness (QED) is 0.781. The summed E-state index contributed by atoms with van der Waals surface area (Å²) < 4.78 is 20.5. The Morgan fingerprint density at radius 2 is 2.35 bits per heavy atom. The van der Waals surface area contributed by atoms with Gasteiger partial charge in [-0.15, -0.1) is 0 Å². The molecule has 2 rings (SSSR count). The van der Waals surface area contributed by atoms with Crippen LogP contribution in [-0.4, -0.2) is 19.3 Å². The van der Waals surface area contributed by atoms with Crippen molar-refractivity contribution >= 4 is 15.9 Å². The Kier molecular flexibility index (Phi) is 6.46. The van der Waals surface area contributed by atoms with Gasteiger partial charge < -0.3 is 10.1 Å². The fourth-order valence-corrected chi connectivity index (χ4v) is 3.15. The number of ether oxygens (including phenoxy) is 1. The molecule has 1 saturated heterocycles. The van der Waals surface area contributed by atoms with E-state index in [1.54, 1.807) is 6.07 Å². The fraction of sp³-hybridized carbons (Fsp3) is 0.625. The summed E-state index contributed by atoms with van der Waals surface area (Å²) in [6.07, 6.45) is 5.89. The van der Waals surface area contributed by atoms with Crippen LogP contribution in [0.5, 0.6) is 0 Å². The van der Waals surface area contributed by atoms with E-state index in [0.717, 1.165) is 42.5 Å². The zero-order valence-corrected chi connectivity index (χ0v) is 13.6. The van der Waals surface area contributed by atoms with E-state index in [-0.39, 0.29) is 11.9 Å². The zero-order chi connectivity index (χ0) is 14.4. The largest absolute Gasteiger partial charge is 0.378 e. The summed E-state index contributed by atoms with van der Waals surface area (Å²) in [6.45, 7) is 3.81. The minimum Gasteiger partial charge on any atom is -0.378 e. The zero-order valence-electron chi connectivity index (χ0n) is 12.0. The van der Waals surface area contributed by atoms with Gasteiger partial charge in [-0.05, 0) is 50.8 Å². The minimum absolute atomic E-state index is 0.0921. The van der Waals surface area contributed by atoms with Crippen molar-refractivity contribution in [3.8, 4) is 0 Å². The summed E-state index contributed by atoms with van der Waals surface area (Å²) in [4.78, 5) is 0. The maximum atomic E-state index is 14.1. The Morgan fingerprint density at radius 1 is 1.50 bits per heavy atom. The van der Waals surface area contributed by atoms with Crippen LogP contribution in [0.15, 0.2) is 22.7 Å².